The number of rotatable bonds is 5. The largest absolute Gasteiger partial charge is 0.309 e. The Bertz CT molecular complexity index is 574. The molecule has 0 bridgehead atoms. The van der Waals surface area contributed by atoms with Crippen molar-refractivity contribution in [2.45, 2.75) is 33.7 Å². The van der Waals surface area contributed by atoms with Gasteiger partial charge in [-0.1, -0.05) is 26.8 Å². The monoisotopic (exact) mass is 291 g/mol. The lowest BCUT2D eigenvalue weighted by molar-refractivity contribution is 0.428. The molecule has 1 unspecified atom stereocenters. The molecule has 0 aliphatic heterocycles. The Hall–Kier alpha value is -1.19. The van der Waals surface area contributed by atoms with Gasteiger partial charge in [-0.25, -0.2) is 4.39 Å². The molecule has 1 aromatic heterocycles. The summed E-state index contributed by atoms with van der Waals surface area (Å²) in [4.78, 5) is 2.46. The summed E-state index contributed by atoms with van der Waals surface area (Å²) in [6.45, 7) is 9.55. The summed E-state index contributed by atoms with van der Waals surface area (Å²) in [6.07, 6.45) is 0. The van der Waals surface area contributed by atoms with Crippen molar-refractivity contribution in [1.29, 1.82) is 0 Å². The fourth-order valence-corrected chi connectivity index (χ4v) is 3.75. The molecule has 0 aliphatic rings. The van der Waals surface area contributed by atoms with Crippen LogP contribution in [-0.2, 0) is 0 Å². The summed E-state index contributed by atoms with van der Waals surface area (Å²) < 4.78 is 13.4. The van der Waals surface area contributed by atoms with Crippen molar-refractivity contribution in [1.82, 2.24) is 5.32 Å². The zero-order valence-corrected chi connectivity index (χ0v) is 13.4. The molecule has 0 aliphatic carbocycles. The first-order chi connectivity index (χ1) is 9.52. The minimum Gasteiger partial charge on any atom is -0.309 e. The Morgan fingerprint density at radius 3 is 2.60 bits per heavy atom. The van der Waals surface area contributed by atoms with E-state index < -0.39 is 0 Å². The SMILES string of the molecule is CCNC(c1ccc(-c2cc(F)ccc2C)s1)C(C)C. The zero-order valence-electron chi connectivity index (χ0n) is 12.5. The summed E-state index contributed by atoms with van der Waals surface area (Å²) in [5, 5.41) is 3.53. The van der Waals surface area contributed by atoms with Crippen LogP contribution in [0.3, 0.4) is 0 Å². The second-order valence-electron chi connectivity index (χ2n) is 5.44. The van der Waals surface area contributed by atoms with Crippen molar-refractivity contribution in [2.75, 3.05) is 6.54 Å². The average Bonchev–Trinajstić information content (AvgIpc) is 2.87. The summed E-state index contributed by atoms with van der Waals surface area (Å²) in [6, 6.07) is 9.62. The third kappa shape index (κ3) is 3.28. The highest BCUT2D eigenvalue weighted by atomic mass is 32.1. The van der Waals surface area contributed by atoms with Crippen molar-refractivity contribution in [2.24, 2.45) is 5.92 Å². The van der Waals surface area contributed by atoms with Crippen LogP contribution < -0.4 is 5.32 Å². The highest BCUT2D eigenvalue weighted by molar-refractivity contribution is 7.15. The third-order valence-electron chi connectivity index (χ3n) is 3.49. The normalized spacial score (nSPS) is 12.9. The van der Waals surface area contributed by atoms with Crippen LogP contribution in [0, 0.1) is 18.7 Å². The minimum atomic E-state index is -0.173. The Kier molecular flexibility index (Phi) is 4.95. The maximum Gasteiger partial charge on any atom is 0.123 e. The molecule has 0 radical (unpaired) electrons. The standard InChI is InChI=1S/C17H22FNS/c1-5-19-17(11(2)3)16-9-8-15(20-16)14-10-13(18)7-6-12(14)4/h6-11,17,19H,5H2,1-4H3. The van der Waals surface area contributed by atoms with Crippen molar-refractivity contribution < 1.29 is 4.39 Å². The fourth-order valence-electron chi connectivity index (χ4n) is 2.41. The maximum atomic E-state index is 13.4. The fraction of sp³-hybridized carbons (Fsp3) is 0.412. The summed E-state index contributed by atoms with van der Waals surface area (Å²) >= 11 is 1.76. The molecule has 0 saturated heterocycles. The molecule has 1 aromatic carbocycles. The van der Waals surface area contributed by atoms with Crippen molar-refractivity contribution in [3.05, 3.63) is 46.6 Å². The second kappa shape index (κ2) is 6.51. The van der Waals surface area contributed by atoms with Crippen LogP contribution in [-0.4, -0.2) is 6.54 Å². The van der Waals surface area contributed by atoms with Gasteiger partial charge < -0.3 is 5.32 Å². The number of thiophene rings is 1. The quantitative estimate of drug-likeness (QED) is 0.801. The Balaban J connectivity index is 2.34. The van der Waals surface area contributed by atoms with Gasteiger partial charge in [-0.05, 0) is 54.8 Å². The summed E-state index contributed by atoms with van der Waals surface area (Å²) in [5.74, 6) is 0.364. The van der Waals surface area contributed by atoms with Gasteiger partial charge in [0.05, 0.1) is 0 Å². The van der Waals surface area contributed by atoms with Crippen molar-refractivity contribution >= 4 is 11.3 Å². The third-order valence-corrected chi connectivity index (χ3v) is 4.69. The van der Waals surface area contributed by atoms with Gasteiger partial charge in [0.1, 0.15) is 5.82 Å². The minimum absolute atomic E-state index is 0.173. The van der Waals surface area contributed by atoms with Gasteiger partial charge in [0.15, 0.2) is 0 Å². The Labute approximate surface area is 124 Å². The van der Waals surface area contributed by atoms with Crippen LogP contribution in [0.5, 0.6) is 0 Å². The number of nitrogens with one attached hydrogen (secondary N) is 1. The number of hydrogen-bond acceptors (Lipinski definition) is 2. The molecule has 1 heterocycles. The van der Waals surface area contributed by atoms with E-state index in [1.807, 2.05) is 13.0 Å². The van der Waals surface area contributed by atoms with Gasteiger partial charge in [-0.15, -0.1) is 11.3 Å². The summed E-state index contributed by atoms with van der Waals surface area (Å²) in [5.41, 5.74) is 2.12. The van der Waals surface area contributed by atoms with E-state index in [1.54, 1.807) is 17.4 Å². The molecule has 3 heteroatoms. The smallest absolute Gasteiger partial charge is 0.123 e. The lowest BCUT2D eigenvalue weighted by Crippen LogP contribution is -2.24. The molecule has 0 spiro atoms. The highest BCUT2D eigenvalue weighted by Crippen LogP contribution is 2.35. The molecule has 0 fully saturated rings. The predicted octanol–water partition coefficient (Wildman–Crippen LogP) is 5.17. The molecular weight excluding hydrogens is 269 g/mol. The Morgan fingerprint density at radius 2 is 1.95 bits per heavy atom. The van der Waals surface area contributed by atoms with Gasteiger partial charge in [0.25, 0.3) is 0 Å². The van der Waals surface area contributed by atoms with Crippen LogP contribution >= 0.6 is 11.3 Å². The second-order valence-corrected chi connectivity index (χ2v) is 6.56. The highest BCUT2D eigenvalue weighted by Gasteiger charge is 2.17. The molecule has 0 saturated carbocycles. The first-order valence-electron chi connectivity index (χ1n) is 7.12. The molecule has 1 nitrogen and oxygen atoms in total. The van der Waals surface area contributed by atoms with Gasteiger partial charge >= 0.3 is 0 Å². The molecule has 108 valence electrons. The lowest BCUT2D eigenvalue weighted by Gasteiger charge is -2.20. The van der Waals surface area contributed by atoms with E-state index in [9.17, 15) is 4.39 Å². The van der Waals surface area contributed by atoms with Crippen LogP contribution in [0.1, 0.15) is 37.3 Å². The van der Waals surface area contributed by atoms with Gasteiger partial charge in [-0.3, -0.25) is 0 Å². The van der Waals surface area contributed by atoms with E-state index in [0.717, 1.165) is 22.5 Å². The van der Waals surface area contributed by atoms with E-state index in [-0.39, 0.29) is 5.82 Å². The topological polar surface area (TPSA) is 12.0 Å². The van der Waals surface area contributed by atoms with Gasteiger partial charge in [0.2, 0.25) is 0 Å². The van der Waals surface area contributed by atoms with Gasteiger partial charge in [-0.2, -0.15) is 0 Å². The van der Waals surface area contributed by atoms with E-state index in [4.69, 9.17) is 0 Å². The molecule has 0 amide bonds. The number of hydrogen-bond donors (Lipinski definition) is 1. The van der Waals surface area contributed by atoms with Crippen LogP contribution in [0.2, 0.25) is 0 Å². The molecule has 2 aromatic rings. The maximum absolute atomic E-state index is 13.4. The van der Waals surface area contributed by atoms with Gasteiger partial charge in [0, 0.05) is 15.8 Å². The van der Waals surface area contributed by atoms with E-state index in [2.05, 4.69) is 38.2 Å². The van der Waals surface area contributed by atoms with Crippen molar-refractivity contribution in [3.8, 4) is 10.4 Å². The predicted molar refractivity (Wildman–Crippen MR) is 85.7 cm³/mol. The average molecular weight is 291 g/mol. The molecule has 1 atom stereocenters. The van der Waals surface area contributed by atoms with E-state index >= 15 is 0 Å². The number of benzene rings is 1. The Morgan fingerprint density at radius 1 is 1.20 bits per heavy atom. The van der Waals surface area contributed by atoms with Crippen LogP contribution in [0.25, 0.3) is 10.4 Å². The van der Waals surface area contributed by atoms with Crippen LogP contribution in [0.4, 0.5) is 4.39 Å². The number of aryl methyl sites for hydroxylation is 1. The van der Waals surface area contributed by atoms with Crippen LogP contribution in [0.15, 0.2) is 30.3 Å². The first-order valence-corrected chi connectivity index (χ1v) is 7.94. The molecule has 20 heavy (non-hydrogen) atoms. The molecule has 2 rings (SSSR count). The summed E-state index contributed by atoms with van der Waals surface area (Å²) in [7, 11) is 0. The van der Waals surface area contributed by atoms with E-state index in [0.29, 0.717) is 12.0 Å². The van der Waals surface area contributed by atoms with Crippen molar-refractivity contribution in [3.63, 3.8) is 0 Å². The molecular formula is C17H22FNS. The number of halogens is 1. The lowest BCUT2D eigenvalue weighted by atomic mass is 10.0. The molecule has 1 N–H and O–H groups in total. The van der Waals surface area contributed by atoms with E-state index in [1.165, 1.54) is 10.9 Å². The first kappa shape index (κ1) is 15.2. The zero-order chi connectivity index (χ0) is 14.7.